The Morgan fingerprint density at radius 3 is 2.20 bits per heavy atom. The lowest BCUT2D eigenvalue weighted by Crippen LogP contribution is -2.68. The van der Waals surface area contributed by atoms with E-state index in [1.165, 1.54) is 6.42 Å². The Labute approximate surface area is 63.4 Å². The summed E-state index contributed by atoms with van der Waals surface area (Å²) in [6, 6.07) is 0.613. The van der Waals surface area contributed by atoms with Crippen molar-refractivity contribution in [1.82, 2.24) is 10.6 Å². The minimum absolute atomic E-state index is 0.425. The molecule has 10 heavy (non-hydrogen) atoms. The lowest BCUT2D eigenvalue weighted by molar-refractivity contribution is 0.192. The first-order valence-corrected chi connectivity index (χ1v) is 4.17. The van der Waals surface area contributed by atoms with Gasteiger partial charge in [0.2, 0.25) is 0 Å². The standard InChI is InChI=1S/C8H18N2/c1-4-8(5-9-6-8)10-7(2)3/h7,9-10H,4-6H2,1-3H3. The van der Waals surface area contributed by atoms with Gasteiger partial charge in [0.05, 0.1) is 0 Å². The molecular weight excluding hydrogens is 124 g/mol. The van der Waals surface area contributed by atoms with Crippen molar-refractivity contribution in [3.8, 4) is 0 Å². The fraction of sp³-hybridized carbons (Fsp3) is 1.00. The molecule has 2 N–H and O–H groups in total. The van der Waals surface area contributed by atoms with Crippen LogP contribution in [-0.2, 0) is 0 Å². The minimum atomic E-state index is 0.425. The van der Waals surface area contributed by atoms with E-state index in [1.807, 2.05) is 0 Å². The Kier molecular flexibility index (Phi) is 2.32. The van der Waals surface area contributed by atoms with E-state index < -0.39 is 0 Å². The molecule has 0 aromatic rings. The Morgan fingerprint density at radius 1 is 1.50 bits per heavy atom. The summed E-state index contributed by atoms with van der Waals surface area (Å²) >= 11 is 0. The van der Waals surface area contributed by atoms with Crippen LogP contribution in [0.2, 0.25) is 0 Å². The molecule has 0 aliphatic carbocycles. The number of nitrogens with one attached hydrogen (secondary N) is 2. The lowest BCUT2D eigenvalue weighted by atomic mass is 9.89. The Balaban J connectivity index is 2.33. The highest BCUT2D eigenvalue weighted by Crippen LogP contribution is 2.15. The van der Waals surface area contributed by atoms with Crippen LogP contribution in [0.4, 0.5) is 0 Å². The van der Waals surface area contributed by atoms with Crippen molar-refractivity contribution in [2.75, 3.05) is 13.1 Å². The number of hydrogen-bond acceptors (Lipinski definition) is 2. The van der Waals surface area contributed by atoms with Crippen LogP contribution in [0.25, 0.3) is 0 Å². The van der Waals surface area contributed by atoms with E-state index in [-0.39, 0.29) is 0 Å². The second-order valence-corrected chi connectivity index (χ2v) is 3.54. The van der Waals surface area contributed by atoms with Crippen molar-refractivity contribution in [3.05, 3.63) is 0 Å². The van der Waals surface area contributed by atoms with Crippen molar-refractivity contribution in [3.63, 3.8) is 0 Å². The predicted molar refractivity (Wildman–Crippen MR) is 44.2 cm³/mol. The Hall–Kier alpha value is -0.0800. The summed E-state index contributed by atoms with van der Waals surface area (Å²) in [4.78, 5) is 0. The van der Waals surface area contributed by atoms with Crippen LogP contribution < -0.4 is 10.6 Å². The maximum absolute atomic E-state index is 3.58. The molecule has 0 atom stereocenters. The quantitative estimate of drug-likeness (QED) is 0.607. The monoisotopic (exact) mass is 142 g/mol. The summed E-state index contributed by atoms with van der Waals surface area (Å²) in [6.07, 6.45) is 1.23. The van der Waals surface area contributed by atoms with Crippen LogP contribution in [0.3, 0.4) is 0 Å². The minimum Gasteiger partial charge on any atom is -0.313 e. The molecule has 1 heterocycles. The summed E-state index contributed by atoms with van der Waals surface area (Å²) in [5, 5.41) is 6.88. The van der Waals surface area contributed by atoms with E-state index in [9.17, 15) is 0 Å². The Morgan fingerprint density at radius 2 is 2.10 bits per heavy atom. The molecule has 2 heteroatoms. The molecule has 0 bridgehead atoms. The fourth-order valence-electron chi connectivity index (χ4n) is 1.49. The molecule has 0 aromatic carbocycles. The van der Waals surface area contributed by atoms with Crippen molar-refractivity contribution in [1.29, 1.82) is 0 Å². The van der Waals surface area contributed by atoms with Crippen molar-refractivity contribution in [2.24, 2.45) is 0 Å². The molecule has 1 fully saturated rings. The molecular formula is C8H18N2. The zero-order chi connectivity index (χ0) is 7.61. The second kappa shape index (κ2) is 2.89. The molecule has 0 radical (unpaired) electrons. The fourth-order valence-corrected chi connectivity index (χ4v) is 1.49. The predicted octanol–water partition coefficient (Wildman–Crippen LogP) is 0.736. The third-order valence-corrected chi connectivity index (χ3v) is 2.20. The first kappa shape index (κ1) is 8.02. The largest absolute Gasteiger partial charge is 0.313 e. The normalized spacial score (nSPS) is 22.8. The van der Waals surface area contributed by atoms with Gasteiger partial charge in [-0.25, -0.2) is 0 Å². The van der Waals surface area contributed by atoms with Gasteiger partial charge in [-0.1, -0.05) is 20.8 Å². The zero-order valence-corrected chi connectivity index (χ0v) is 7.20. The van der Waals surface area contributed by atoms with Crippen LogP contribution in [0.1, 0.15) is 27.2 Å². The highest BCUT2D eigenvalue weighted by molar-refractivity contribution is 4.99. The summed E-state index contributed by atoms with van der Waals surface area (Å²) < 4.78 is 0. The summed E-state index contributed by atoms with van der Waals surface area (Å²) in [7, 11) is 0. The van der Waals surface area contributed by atoms with Crippen LogP contribution in [0, 0.1) is 0 Å². The van der Waals surface area contributed by atoms with E-state index in [0.717, 1.165) is 13.1 Å². The van der Waals surface area contributed by atoms with E-state index in [1.54, 1.807) is 0 Å². The third kappa shape index (κ3) is 1.50. The summed E-state index contributed by atoms with van der Waals surface area (Å²) in [5.74, 6) is 0. The van der Waals surface area contributed by atoms with Gasteiger partial charge in [-0.15, -0.1) is 0 Å². The van der Waals surface area contributed by atoms with Gasteiger partial charge in [-0.05, 0) is 6.42 Å². The average Bonchev–Trinajstić information content (AvgIpc) is 1.78. The van der Waals surface area contributed by atoms with Gasteiger partial charge in [0.1, 0.15) is 0 Å². The molecule has 1 aliphatic heterocycles. The topological polar surface area (TPSA) is 24.1 Å². The molecule has 1 saturated heterocycles. The summed E-state index contributed by atoms with van der Waals surface area (Å²) in [5.41, 5.74) is 0.425. The zero-order valence-electron chi connectivity index (χ0n) is 7.20. The highest BCUT2D eigenvalue weighted by Gasteiger charge is 2.34. The van der Waals surface area contributed by atoms with Crippen LogP contribution in [0.15, 0.2) is 0 Å². The SMILES string of the molecule is CCC1(NC(C)C)CNC1. The Bertz CT molecular complexity index is 100. The van der Waals surface area contributed by atoms with Gasteiger partial charge < -0.3 is 10.6 Å². The number of rotatable bonds is 3. The molecule has 2 nitrogen and oxygen atoms in total. The summed E-state index contributed by atoms with van der Waals surface area (Å²) in [6.45, 7) is 8.94. The molecule has 60 valence electrons. The molecule has 0 saturated carbocycles. The maximum Gasteiger partial charge on any atom is 0.0431 e. The molecule has 0 amide bonds. The van der Waals surface area contributed by atoms with Gasteiger partial charge in [0.15, 0.2) is 0 Å². The van der Waals surface area contributed by atoms with Crippen LogP contribution in [0.5, 0.6) is 0 Å². The van der Waals surface area contributed by atoms with E-state index >= 15 is 0 Å². The first-order chi connectivity index (χ1) is 4.68. The third-order valence-electron chi connectivity index (χ3n) is 2.20. The van der Waals surface area contributed by atoms with Crippen molar-refractivity contribution < 1.29 is 0 Å². The molecule has 0 spiro atoms. The van der Waals surface area contributed by atoms with E-state index in [2.05, 4.69) is 31.4 Å². The van der Waals surface area contributed by atoms with E-state index in [0.29, 0.717) is 11.6 Å². The molecule has 0 aromatic heterocycles. The van der Waals surface area contributed by atoms with Gasteiger partial charge in [-0.3, -0.25) is 0 Å². The van der Waals surface area contributed by atoms with Crippen molar-refractivity contribution in [2.45, 2.75) is 38.8 Å². The lowest BCUT2D eigenvalue weighted by Gasteiger charge is -2.44. The van der Waals surface area contributed by atoms with Gasteiger partial charge in [0.25, 0.3) is 0 Å². The van der Waals surface area contributed by atoms with Crippen LogP contribution in [-0.4, -0.2) is 24.7 Å². The average molecular weight is 142 g/mol. The smallest absolute Gasteiger partial charge is 0.0431 e. The van der Waals surface area contributed by atoms with Gasteiger partial charge in [-0.2, -0.15) is 0 Å². The second-order valence-electron chi connectivity index (χ2n) is 3.54. The molecule has 1 rings (SSSR count). The molecule has 0 unspecified atom stereocenters. The maximum atomic E-state index is 3.58. The van der Waals surface area contributed by atoms with Crippen molar-refractivity contribution >= 4 is 0 Å². The van der Waals surface area contributed by atoms with Gasteiger partial charge in [0, 0.05) is 24.7 Å². The van der Waals surface area contributed by atoms with E-state index in [4.69, 9.17) is 0 Å². The first-order valence-electron chi connectivity index (χ1n) is 4.17. The number of hydrogen-bond donors (Lipinski definition) is 2. The molecule has 1 aliphatic rings. The highest BCUT2D eigenvalue weighted by atomic mass is 15.2. The van der Waals surface area contributed by atoms with Gasteiger partial charge >= 0.3 is 0 Å². The van der Waals surface area contributed by atoms with Crippen LogP contribution >= 0.6 is 0 Å².